The van der Waals surface area contributed by atoms with Crippen molar-refractivity contribution < 1.29 is 9.59 Å². The molecule has 21 heavy (non-hydrogen) atoms. The van der Waals surface area contributed by atoms with E-state index in [-0.39, 0.29) is 11.8 Å². The Hall–Kier alpha value is -2.18. The second-order valence-corrected chi connectivity index (χ2v) is 5.72. The Morgan fingerprint density at radius 3 is 2.90 bits per heavy atom. The standard InChI is InChI=1S/C14H19N5O2/c1-18(8-10-7-12(16-15-10)9-3-4-9)14(21)11-5-6-13(20)19(2)17-11/h7,9H,3-6,8H2,1-2H3,(H,15,16). The summed E-state index contributed by atoms with van der Waals surface area (Å²) in [7, 11) is 3.31. The highest BCUT2D eigenvalue weighted by molar-refractivity contribution is 6.39. The lowest BCUT2D eigenvalue weighted by atomic mass is 10.1. The predicted molar refractivity (Wildman–Crippen MR) is 76.5 cm³/mol. The molecule has 0 atom stereocenters. The Morgan fingerprint density at radius 1 is 1.48 bits per heavy atom. The fourth-order valence-electron chi connectivity index (χ4n) is 2.42. The summed E-state index contributed by atoms with van der Waals surface area (Å²) in [6.07, 6.45) is 3.15. The zero-order chi connectivity index (χ0) is 15.0. The minimum Gasteiger partial charge on any atom is -0.335 e. The number of hydrogen-bond acceptors (Lipinski definition) is 4. The van der Waals surface area contributed by atoms with E-state index in [0.717, 1.165) is 11.4 Å². The number of carbonyl (C=O) groups is 2. The van der Waals surface area contributed by atoms with Gasteiger partial charge in [0, 0.05) is 32.9 Å². The molecule has 1 fully saturated rings. The number of amides is 2. The fraction of sp³-hybridized carbons (Fsp3) is 0.571. The van der Waals surface area contributed by atoms with Crippen LogP contribution in [0, 0.1) is 0 Å². The first-order valence-electron chi connectivity index (χ1n) is 7.18. The van der Waals surface area contributed by atoms with Crippen LogP contribution in [0.5, 0.6) is 0 Å². The summed E-state index contributed by atoms with van der Waals surface area (Å²) in [6.45, 7) is 0.467. The van der Waals surface area contributed by atoms with Crippen molar-refractivity contribution in [2.75, 3.05) is 14.1 Å². The Kier molecular flexibility index (Phi) is 3.48. The summed E-state index contributed by atoms with van der Waals surface area (Å²) in [4.78, 5) is 25.3. The van der Waals surface area contributed by atoms with E-state index in [9.17, 15) is 9.59 Å². The molecule has 7 nitrogen and oxygen atoms in total. The first-order valence-corrected chi connectivity index (χ1v) is 7.18. The predicted octanol–water partition coefficient (Wildman–Crippen LogP) is 0.854. The van der Waals surface area contributed by atoms with Gasteiger partial charge in [0.05, 0.1) is 17.9 Å². The van der Waals surface area contributed by atoms with E-state index in [1.165, 1.54) is 17.9 Å². The van der Waals surface area contributed by atoms with Gasteiger partial charge in [-0.05, 0) is 18.9 Å². The van der Waals surface area contributed by atoms with Gasteiger partial charge in [0.15, 0.2) is 0 Å². The Morgan fingerprint density at radius 2 is 2.24 bits per heavy atom. The summed E-state index contributed by atoms with van der Waals surface area (Å²) in [6, 6.07) is 2.03. The summed E-state index contributed by atoms with van der Waals surface area (Å²) >= 11 is 0. The van der Waals surface area contributed by atoms with Gasteiger partial charge in [-0.3, -0.25) is 14.7 Å². The third kappa shape index (κ3) is 2.96. The van der Waals surface area contributed by atoms with E-state index in [1.54, 1.807) is 19.0 Å². The molecule has 1 aromatic heterocycles. The maximum absolute atomic E-state index is 12.3. The monoisotopic (exact) mass is 289 g/mol. The maximum atomic E-state index is 12.3. The van der Waals surface area contributed by atoms with Crippen LogP contribution < -0.4 is 0 Å². The van der Waals surface area contributed by atoms with E-state index in [0.29, 0.717) is 31.0 Å². The first kappa shape index (κ1) is 13.8. The molecule has 2 heterocycles. The number of nitrogens with one attached hydrogen (secondary N) is 1. The molecule has 112 valence electrons. The molecule has 0 saturated heterocycles. The maximum Gasteiger partial charge on any atom is 0.270 e. The zero-order valence-electron chi connectivity index (χ0n) is 12.3. The van der Waals surface area contributed by atoms with Crippen molar-refractivity contribution >= 4 is 17.5 Å². The summed E-state index contributed by atoms with van der Waals surface area (Å²) < 4.78 is 0. The van der Waals surface area contributed by atoms with Crippen LogP contribution in [0.25, 0.3) is 0 Å². The van der Waals surface area contributed by atoms with Crippen molar-refractivity contribution in [1.29, 1.82) is 0 Å². The van der Waals surface area contributed by atoms with Crippen LogP contribution in [0.15, 0.2) is 11.2 Å². The molecule has 3 rings (SSSR count). The number of rotatable bonds is 4. The molecule has 1 aliphatic heterocycles. The number of carbonyl (C=O) groups excluding carboxylic acids is 2. The van der Waals surface area contributed by atoms with E-state index >= 15 is 0 Å². The van der Waals surface area contributed by atoms with E-state index in [4.69, 9.17) is 0 Å². The number of H-pyrrole nitrogens is 1. The van der Waals surface area contributed by atoms with Gasteiger partial charge >= 0.3 is 0 Å². The van der Waals surface area contributed by atoms with Crippen LogP contribution in [0.1, 0.15) is 43.0 Å². The minimum absolute atomic E-state index is 0.0585. The highest BCUT2D eigenvalue weighted by atomic mass is 16.2. The van der Waals surface area contributed by atoms with E-state index in [2.05, 4.69) is 15.3 Å². The third-order valence-electron chi connectivity index (χ3n) is 3.85. The van der Waals surface area contributed by atoms with Gasteiger partial charge in [0.2, 0.25) is 5.91 Å². The molecular formula is C14H19N5O2. The van der Waals surface area contributed by atoms with Crippen LogP contribution in [-0.2, 0) is 16.1 Å². The van der Waals surface area contributed by atoms with Gasteiger partial charge in [-0.2, -0.15) is 10.2 Å². The first-order chi connectivity index (χ1) is 10.0. The van der Waals surface area contributed by atoms with Crippen LogP contribution in [0.2, 0.25) is 0 Å². The van der Waals surface area contributed by atoms with Gasteiger partial charge < -0.3 is 4.90 Å². The molecule has 1 N–H and O–H groups in total. The Bertz CT molecular complexity index is 602. The van der Waals surface area contributed by atoms with Crippen LogP contribution in [0.3, 0.4) is 0 Å². The molecule has 1 aromatic rings. The van der Waals surface area contributed by atoms with E-state index in [1.807, 2.05) is 6.07 Å². The lowest BCUT2D eigenvalue weighted by Gasteiger charge is -2.22. The number of nitrogens with zero attached hydrogens (tertiary/aromatic N) is 4. The smallest absolute Gasteiger partial charge is 0.270 e. The lowest BCUT2D eigenvalue weighted by molar-refractivity contribution is -0.130. The average Bonchev–Trinajstić information content (AvgIpc) is 3.22. The van der Waals surface area contributed by atoms with Crippen molar-refractivity contribution in [1.82, 2.24) is 20.1 Å². The molecule has 0 spiro atoms. The van der Waals surface area contributed by atoms with Crippen molar-refractivity contribution in [3.05, 3.63) is 17.5 Å². The topological polar surface area (TPSA) is 81.7 Å². The number of hydrogen-bond donors (Lipinski definition) is 1. The number of aromatic nitrogens is 2. The molecule has 2 amide bonds. The van der Waals surface area contributed by atoms with Gasteiger partial charge in [-0.15, -0.1) is 0 Å². The largest absolute Gasteiger partial charge is 0.335 e. The Labute approximate surface area is 123 Å². The van der Waals surface area contributed by atoms with Crippen molar-refractivity contribution in [3.63, 3.8) is 0 Å². The summed E-state index contributed by atoms with van der Waals surface area (Å²) in [5.74, 6) is 0.396. The number of hydrazone groups is 1. The van der Waals surface area contributed by atoms with Crippen LogP contribution in [0.4, 0.5) is 0 Å². The Balaban J connectivity index is 1.63. The molecule has 7 heteroatoms. The van der Waals surface area contributed by atoms with Gasteiger partial charge in [-0.1, -0.05) is 0 Å². The third-order valence-corrected chi connectivity index (χ3v) is 3.85. The molecule has 0 radical (unpaired) electrons. The number of aromatic amines is 1. The van der Waals surface area contributed by atoms with Crippen molar-refractivity contribution in [2.24, 2.45) is 5.10 Å². The van der Waals surface area contributed by atoms with Gasteiger partial charge in [-0.25, -0.2) is 5.01 Å². The fourth-order valence-corrected chi connectivity index (χ4v) is 2.42. The minimum atomic E-state index is -0.142. The van der Waals surface area contributed by atoms with Gasteiger partial charge in [0.25, 0.3) is 5.91 Å². The van der Waals surface area contributed by atoms with Crippen LogP contribution in [-0.4, -0.2) is 51.7 Å². The molecule has 1 aliphatic carbocycles. The lowest BCUT2D eigenvalue weighted by Crippen LogP contribution is -2.38. The quantitative estimate of drug-likeness (QED) is 0.892. The second-order valence-electron chi connectivity index (χ2n) is 5.72. The highest BCUT2D eigenvalue weighted by Gasteiger charge is 2.27. The van der Waals surface area contributed by atoms with Crippen molar-refractivity contribution in [2.45, 2.75) is 38.1 Å². The molecule has 1 saturated carbocycles. The SMILES string of the molecule is CN(Cc1cc(C2CC2)n[nH]1)C(=O)C1=NN(C)C(=O)CC1. The molecule has 0 unspecified atom stereocenters. The summed E-state index contributed by atoms with van der Waals surface area (Å²) in [5, 5.41) is 12.6. The van der Waals surface area contributed by atoms with E-state index < -0.39 is 0 Å². The second kappa shape index (κ2) is 5.31. The molecule has 0 bridgehead atoms. The van der Waals surface area contributed by atoms with Gasteiger partial charge in [0.1, 0.15) is 5.71 Å². The highest BCUT2D eigenvalue weighted by Crippen LogP contribution is 2.39. The normalized spacial score (nSPS) is 18.7. The average molecular weight is 289 g/mol. The van der Waals surface area contributed by atoms with Crippen molar-refractivity contribution in [3.8, 4) is 0 Å². The summed E-state index contributed by atoms with van der Waals surface area (Å²) in [5.41, 5.74) is 2.45. The molecular weight excluding hydrogens is 270 g/mol. The molecule has 2 aliphatic rings. The zero-order valence-corrected chi connectivity index (χ0v) is 12.3. The van der Waals surface area contributed by atoms with Crippen LogP contribution >= 0.6 is 0 Å². The molecule has 0 aromatic carbocycles.